The van der Waals surface area contributed by atoms with E-state index in [0.717, 1.165) is 91.0 Å². The Hall–Kier alpha value is -1.14. The molecular formula is C21H38N4O2. The van der Waals surface area contributed by atoms with E-state index < -0.39 is 0 Å². The predicted octanol–water partition coefficient (Wildman–Crippen LogP) is 1.51. The summed E-state index contributed by atoms with van der Waals surface area (Å²) in [5.41, 5.74) is 0. The Morgan fingerprint density at radius 3 is 2.22 bits per heavy atom. The quantitative estimate of drug-likeness (QED) is 0.728. The van der Waals surface area contributed by atoms with Gasteiger partial charge in [-0.15, -0.1) is 0 Å². The van der Waals surface area contributed by atoms with E-state index in [2.05, 4.69) is 28.7 Å². The van der Waals surface area contributed by atoms with Crippen molar-refractivity contribution in [1.82, 2.24) is 19.6 Å². The minimum atomic E-state index is 0.198. The number of likely N-dealkylation sites (N-methyl/N-ethyl adjacent to an activating group) is 1. The van der Waals surface area contributed by atoms with Crippen LogP contribution in [0.4, 0.5) is 0 Å². The largest absolute Gasteiger partial charge is 0.342 e. The Bertz CT molecular complexity index is 496. The van der Waals surface area contributed by atoms with Gasteiger partial charge in [0.1, 0.15) is 0 Å². The minimum Gasteiger partial charge on any atom is -0.342 e. The van der Waals surface area contributed by atoms with Crippen LogP contribution in [0.15, 0.2) is 0 Å². The minimum absolute atomic E-state index is 0.198. The van der Waals surface area contributed by atoms with E-state index in [1.54, 1.807) is 0 Å². The third-order valence-electron chi connectivity index (χ3n) is 6.84. The van der Waals surface area contributed by atoms with Crippen molar-refractivity contribution in [2.24, 2.45) is 11.8 Å². The number of carbonyl (C=O) groups is 2. The van der Waals surface area contributed by atoms with Gasteiger partial charge in [-0.2, -0.15) is 0 Å². The van der Waals surface area contributed by atoms with Gasteiger partial charge in [0.25, 0.3) is 0 Å². The third kappa shape index (κ3) is 5.67. The fourth-order valence-corrected chi connectivity index (χ4v) is 4.87. The van der Waals surface area contributed by atoms with Crippen LogP contribution in [0.25, 0.3) is 0 Å². The summed E-state index contributed by atoms with van der Waals surface area (Å²) in [4.78, 5) is 34.1. The SMILES string of the molecule is CCN1CCN(C(=O)CCC2CCN(C(=O)[C@@H]3CCCN(C)C3)CC2)CC1. The maximum atomic E-state index is 12.8. The topological polar surface area (TPSA) is 47.1 Å². The van der Waals surface area contributed by atoms with Gasteiger partial charge in [0.15, 0.2) is 0 Å². The highest BCUT2D eigenvalue weighted by Gasteiger charge is 2.31. The van der Waals surface area contributed by atoms with Crippen LogP contribution in [0.2, 0.25) is 0 Å². The van der Waals surface area contributed by atoms with Crippen LogP contribution in [-0.2, 0) is 9.59 Å². The van der Waals surface area contributed by atoms with Gasteiger partial charge in [-0.1, -0.05) is 6.92 Å². The lowest BCUT2D eigenvalue weighted by Crippen LogP contribution is -2.48. The molecule has 154 valence electrons. The molecule has 3 heterocycles. The van der Waals surface area contributed by atoms with Crippen molar-refractivity contribution in [2.75, 3.05) is 66.0 Å². The number of piperazine rings is 1. The third-order valence-corrected chi connectivity index (χ3v) is 6.84. The molecule has 0 bridgehead atoms. The van der Waals surface area contributed by atoms with Crippen molar-refractivity contribution in [2.45, 2.75) is 45.4 Å². The van der Waals surface area contributed by atoms with Crippen LogP contribution in [0.3, 0.4) is 0 Å². The standard InChI is InChI=1S/C21H38N4O2/c1-3-23-13-15-24(16-14-23)20(26)7-6-18-8-11-25(12-9-18)21(27)19-5-4-10-22(2)17-19/h18-19H,3-17H2,1-2H3/t19-/m1/s1. The molecule has 0 spiro atoms. The van der Waals surface area contributed by atoms with E-state index in [4.69, 9.17) is 0 Å². The molecular weight excluding hydrogens is 340 g/mol. The molecule has 2 amide bonds. The summed E-state index contributed by atoms with van der Waals surface area (Å²) < 4.78 is 0. The number of amides is 2. The molecule has 0 aromatic rings. The Labute approximate surface area is 164 Å². The molecule has 27 heavy (non-hydrogen) atoms. The summed E-state index contributed by atoms with van der Waals surface area (Å²) in [7, 11) is 2.12. The van der Waals surface area contributed by atoms with E-state index in [1.165, 1.54) is 0 Å². The Kier molecular flexibility index (Phi) is 7.53. The second kappa shape index (κ2) is 9.87. The van der Waals surface area contributed by atoms with E-state index >= 15 is 0 Å². The van der Waals surface area contributed by atoms with Crippen LogP contribution >= 0.6 is 0 Å². The Balaban J connectivity index is 1.34. The fourth-order valence-electron chi connectivity index (χ4n) is 4.87. The maximum absolute atomic E-state index is 12.8. The molecule has 1 atom stereocenters. The molecule has 0 aliphatic carbocycles. The Morgan fingerprint density at radius 2 is 1.59 bits per heavy atom. The number of piperidine rings is 2. The van der Waals surface area contributed by atoms with Crippen molar-refractivity contribution in [1.29, 1.82) is 0 Å². The molecule has 3 saturated heterocycles. The first-order chi connectivity index (χ1) is 13.1. The molecule has 0 N–H and O–H groups in total. The second-order valence-corrected chi connectivity index (χ2v) is 8.72. The molecule has 6 nitrogen and oxygen atoms in total. The zero-order valence-corrected chi connectivity index (χ0v) is 17.4. The summed E-state index contributed by atoms with van der Waals surface area (Å²) >= 11 is 0. The highest BCUT2D eigenvalue weighted by molar-refractivity contribution is 5.79. The van der Waals surface area contributed by atoms with Gasteiger partial charge in [-0.3, -0.25) is 9.59 Å². The molecule has 0 aromatic carbocycles. The smallest absolute Gasteiger partial charge is 0.226 e. The molecule has 3 rings (SSSR count). The van der Waals surface area contributed by atoms with E-state index in [1.807, 2.05) is 4.90 Å². The van der Waals surface area contributed by atoms with Gasteiger partial charge in [-0.25, -0.2) is 0 Å². The molecule has 0 saturated carbocycles. The number of likely N-dealkylation sites (tertiary alicyclic amines) is 2. The monoisotopic (exact) mass is 378 g/mol. The lowest BCUT2D eigenvalue weighted by Gasteiger charge is -2.37. The van der Waals surface area contributed by atoms with Crippen LogP contribution in [-0.4, -0.2) is 97.4 Å². The number of hydrogen-bond acceptors (Lipinski definition) is 4. The number of carbonyl (C=O) groups excluding carboxylic acids is 2. The molecule has 0 radical (unpaired) electrons. The van der Waals surface area contributed by atoms with Crippen LogP contribution < -0.4 is 0 Å². The summed E-state index contributed by atoms with van der Waals surface area (Å²) in [6, 6.07) is 0. The van der Waals surface area contributed by atoms with Gasteiger partial charge >= 0.3 is 0 Å². The summed E-state index contributed by atoms with van der Waals surface area (Å²) in [5.74, 6) is 1.49. The molecule has 0 unspecified atom stereocenters. The predicted molar refractivity (Wildman–Crippen MR) is 107 cm³/mol. The highest BCUT2D eigenvalue weighted by atomic mass is 16.2. The van der Waals surface area contributed by atoms with Gasteiger partial charge in [0.05, 0.1) is 5.92 Å². The van der Waals surface area contributed by atoms with Crippen molar-refractivity contribution in [3.63, 3.8) is 0 Å². The number of hydrogen-bond donors (Lipinski definition) is 0. The maximum Gasteiger partial charge on any atom is 0.226 e. The summed E-state index contributed by atoms with van der Waals surface area (Å²) in [6.07, 6.45) is 5.97. The lowest BCUT2D eigenvalue weighted by molar-refractivity contribution is -0.139. The molecule has 6 heteroatoms. The van der Waals surface area contributed by atoms with Gasteiger partial charge in [0.2, 0.25) is 11.8 Å². The van der Waals surface area contributed by atoms with E-state index in [0.29, 0.717) is 24.2 Å². The average Bonchev–Trinajstić information content (AvgIpc) is 2.72. The molecule has 3 fully saturated rings. The number of rotatable bonds is 5. The zero-order chi connectivity index (χ0) is 19.2. The normalized spacial score (nSPS) is 26.4. The van der Waals surface area contributed by atoms with Crippen LogP contribution in [0.1, 0.15) is 45.4 Å². The number of nitrogens with zero attached hydrogens (tertiary/aromatic N) is 4. The van der Waals surface area contributed by atoms with Crippen molar-refractivity contribution in [3.8, 4) is 0 Å². The van der Waals surface area contributed by atoms with Crippen LogP contribution in [0, 0.1) is 11.8 Å². The first-order valence-electron chi connectivity index (χ1n) is 11.0. The zero-order valence-electron chi connectivity index (χ0n) is 17.4. The van der Waals surface area contributed by atoms with Crippen LogP contribution in [0.5, 0.6) is 0 Å². The van der Waals surface area contributed by atoms with Gasteiger partial charge in [-0.05, 0) is 58.2 Å². The van der Waals surface area contributed by atoms with E-state index in [9.17, 15) is 9.59 Å². The van der Waals surface area contributed by atoms with Gasteiger partial charge < -0.3 is 19.6 Å². The molecule has 3 aliphatic heterocycles. The first kappa shape index (κ1) is 20.6. The fraction of sp³-hybridized carbons (Fsp3) is 0.905. The lowest BCUT2D eigenvalue weighted by atomic mass is 9.90. The Morgan fingerprint density at radius 1 is 0.889 bits per heavy atom. The first-order valence-corrected chi connectivity index (χ1v) is 11.0. The molecule has 3 aliphatic rings. The highest BCUT2D eigenvalue weighted by Crippen LogP contribution is 2.25. The van der Waals surface area contributed by atoms with E-state index in [-0.39, 0.29) is 5.92 Å². The second-order valence-electron chi connectivity index (χ2n) is 8.72. The summed E-state index contributed by atoms with van der Waals surface area (Å²) in [6.45, 7) is 10.9. The van der Waals surface area contributed by atoms with Crippen molar-refractivity contribution < 1.29 is 9.59 Å². The van der Waals surface area contributed by atoms with Crippen molar-refractivity contribution in [3.05, 3.63) is 0 Å². The van der Waals surface area contributed by atoms with Crippen molar-refractivity contribution >= 4 is 11.8 Å². The van der Waals surface area contributed by atoms with Gasteiger partial charge in [0, 0.05) is 52.2 Å². The summed E-state index contributed by atoms with van der Waals surface area (Å²) in [5, 5.41) is 0. The molecule has 0 aromatic heterocycles. The average molecular weight is 379 g/mol.